The van der Waals surface area contributed by atoms with Crippen LogP contribution >= 0.6 is 0 Å². The molecule has 3 aromatic rings. The summed E-state index contributed by atoms with van der Waals surface area (Å²) in [7, 11) is 1.63. The third-order valence-electron chi connectivity index (χ3n) is 4.94. The molecule has 4 rings (SSSR count). The molecule has 0 unspecified atom stereocenters. The van der Waals surface area contributed by atoms with Crippen molar-refractivity contribution in [1.29, 1.82) is 0 Å². The Morgan fingerprint density at radius 2 is 1.86 bits per heavy atom. The van der Waals surface area contributed by atoms with E-state index in [2.05, 4.69) is 44.5 Å². The van der Waals surface area contributed by atoms with Gasteiger partial charge in [0.1, 0.15) is 17.3 Å². The normalized spacial score (nSPS) is 13.0. The van der Waals surface area contributed by atoms with Crippen molar-refractivity contribution < 1.29 is 9.53 Å². The van der Waals surface area contributed by atoms with Crippen molar-refractivity contribution in [3.63, 3.8) is 0 Å². The summed E-state index contributed by atoms with van der Waals surface area (Å²) in [6, 6.07) is 16.0. The highest BCUT2D eigenvalue weighted by Crippen LogP contribution is 2.22. The molecule has 1 aromatic heterocycles. The number of methoxy groups -OCH3 is 1. The fourth-order valence-electron chi connectivity index (χ4n) is 3.31. The van der Waals surface area contributed by atoms with Gasteiger partial charge >= 0.3 is 0 Å². The second-order valence-corrected chi connectivity index (χ2v) is 6.73. The molecule has 1 aliphatic rings. The van der Waals surface area contributed by atoms with E-state index in [0.29, 0.717) is 12.2 Å². The Bertz CT molecular complexity index is 955. The van der Waals surface area contributed by atoms with E-state index < -0.39 is 0 Å². The van der Waals surface area contributed by atoms with Crippen LogP contribution in [0.2, 0.25) is 0 Å². The number of anilines is 1. The Labute approximate surface area is 164 Å². The van der Waals surface area contributed by atoms with Gasteiger partial charge in [-0.2, -0.15) is 0 Å². The molecular formula is C22H22N4O2. The zero-order chi connectivity index (χ0) is 19.3. The van der Waals surface area contributed by atoms with Gasteiger partial charge in [0.05, 0.1) is 19.5 Å². The van der Waals surface area contributed by atoms with E-state index in [1.54, 1.807) is 19.5 Å². The van der Waals surface area contributed by atoms with Gasteiger partial charge in [0.2, 0.25) is 0 Å². The fraction of sp³-hybridized carbons (Fsp3) is 0.227. The average molecular weight is 374 g/mol. The first-order valence-electron chi connectivity index (χ1n) is 9.28. The highest BCUT2D eigenvalue weighted by molar-refractivity contribution is 5.91. The van der Waals surface area contributed by atoms with E-state index in [4.69, 9.17) is 4.74 Å². The number of carbonyl (C=O) groups is 1. The van der Waals surface area contributed by atoms with Crippen LogP contribution in [0.4, 0.5) is 5.82 Å². The zero-order valence-corrected chi connectivity index (χ0v) is 15.8. The standard InChI is InChI=1S/C22H22N4O2/c1-28-19-8-6-16(7-9-19)12-25-22(27)20-13-24-21(14-23-20)26-11-10-17-4-2-3-5-18(17)15-26/h2-9,13-14H,10-12,15H2,1H3,(H,25,27). The number of aromatic nitrogens is 2. The molecule has 0 fully saturated rings. The third kappa shape index (κ3) is 3.96. The number of hydrogen-bond donors (Lipinski definition) is 1. The number of nitrogens with one attached hydrogen (secondary N) is 1. The summed E-state index contributed by atoms with van der Waals surface area (Å²) < 4.78 is 5.14. The number of fused-ring (bicyclic) bond motifs is 1. The Balaban J connectivity index is 1.37. The van der Waals surface area contributed by atoms with Crippen molar-refractivity contribution in [2.24, 2.45) is 0 Å². The van der Waals surface area contributed by atoms with Gasteiger partial charge in [0, 0.05) is 19.6 Å². The molecule has 6 heteroatoms. The van der Waals surface area contributed by atoms with E-state index >= 15 is 0 Å². The highest BCUT2D eigenvalue weighted by atomic mass is 16.5. The summed E-state index contributed by atoms with van der Waals surface area (Å²) in [4.78, 5) is 23.3. The van der Waals surface area contributed by atoms with Gasteiger partial charge in [0.25, 0.3) is 5.91 Å². The highest BCUT2D eigenvalue weighted by Gasteiger charge is 2.18. The van der Waals surface area contributed by atoms with Crippen LogP contribution in [0.5, 0.6) is 5.75 Å². The summed E-state index contributed by atoms with van der Waals surface area (Å²) in [5.41, 5.74) is 4.01. The summed E-state index contributed by atoms with van der Waals surface area (Å²) in [5.74, 6) is 1.34. The summed E-state index contributed by atoms with van der Waals surface area (Å²) >= 11 is 0. The minimum atomic E-state index is -0.237. The molecule has 0 atom stereocenters. The number of benzene rings is 2. The molecule has 6 nitrogen and oxygen atoms in total. The smallest absolute Gasteiger partial charge is 0.271 e. The van der Waals surface area contributed by atoms with Crippen molar-refractivity contribution in [2.45, 2.75) is 19.5 Å². The van der Waals surface area contributed by atoms with Crippen LogP contribution in [0.15, 0.2) is 60.9 Å². The van der Waals surface area contributed by atoms with Crippen molar-refractivity contribution in [3.8, 4) is 5.75 Å². The van der Waals surface area contributed by atoms with Crippen molar-refractivity contribution >= 4 is 11.7 Å². The van der Waals surface area contributed by atoms with Gasteiger partial charge in [-0.15, -0.1) is 0 Å². The molecule has 0 saturated carbocycles. The maximum Gasteiger partial charge on any atom is 0.271 e. The van der Waals surface area contributed by atoms with E-state index in [9.17, 15) is 4.79 Å². The van der Waals surface area contributed by atoms with Gasteiger partial charge in [-0.25, -0.2) is 9.97 Å². The van der Waals surface area contributed by atoms with Gasteiger partial charge in [-0.05, 0) is 35.2 Å². The van der Waals surface area contributed by atoms with Crippen LogP contribution in [0.3, 0.4) is 0 Å². The SMILES string of the molecule is COc1ccc(CNC(=O)c2cnc(N3CCc4ccccc4C3)cn2)cc1. The molecule has 0 saturated heterocycles. The van der Waals surface area contributed by atoms with Crippen LogP contribution in [-0.2, 0) is 19.5 Å². The number of nitrogens with zero attached hydrogens (tertiary/aromatic N) is 3. The second kappa shape index (κ2) is 8.08. The van der Waals surface area contributed by atoms with Gasteiger partial charge < -0.3 is 15.0 Å². The Morgan fingerprint density at radius 1 is 1.07 bits per heavy atom. The largest absolute Gasteiger partial charge is 0.497 e. The first-order chi connectivity index (χ1) is 13.7. The zero-order valence-electron chi connectivity index (χ0n) is 15.8. The van der Waals surface area contributed by atoms with E-state index in [1.807, 2.05) is 24.3 Å². The lowest BCUT2D eigenvalue weighted by Gasteiger charge is -2.29. The predicted octanol–water partition coefficient (Wildman–Crippen LogP) is 2.98. The van der Waals surface area contributed by atoms with Gasteiger partial charge in [-0.3, -0.25) is 4.79 Å². The molecule has 0 bridgehead atoms. The van der Waals surface area contributed by atoms with Crippen LogP contribution in [0, 0.1) is 0 Å². The second-order valence-electron chi connectivity index (χ2n) is 6.73. The van der Waals surface area contributed by atoms with E-state index in [-0.39, 0.29) is 5.91 Å². The summed E-state index contributed by atoms with van der Waals surface area (Å²) in [6.07, 6.45) is 4.21. The molecule has 0 aliphatic carbocycles. The third-order valence-corrected chi connectivity index (χ3v) is 4.94. The Morgan fingerprint density at radius 3 is 2.57 bits per heavy atom. The number of hydrogen-bond acceptors (Lipinski definition) is 5. The molecule has 1 aliphatic heterocycles. The predicted molar refractivity (Wildman–Crippen MR) is 107 cm³/mol. The minimum Gasteiger partial charge on any atom is -0.497 e. The first kappa shape index (κ1) is 18.0. The average Bonchev–Trinajstić information content (AvgIpc) is 2.77. The molecule has 1 amide bonds. The Hall–Kier alpha value is -3.41. The lowest BCUT2D eigenvalue weighted by Crippen LogP contribution is -2.31. The molecule has 2 heterocycles. The number of rotatable bonds is 5. The van der Waals surface area contributed by atoms with Crippen molar-refractivity contribution in [2.75, 3.05) is 18.6 Å². The van der Waals surface area contributed by atoms with Crippen LogP contribution in [0.25, 0.3) is 0 Å². The first-order valence-corrected chi connectivity index (χ1v) is 9.28. The topological polar surface area (TPSA) is 67.3 Å². The molecule has 0 spiro atoms. The summed E-state index contributed by atoms with van der Waals surface area (Å²) in [5, 5.41) is 2.87. The number of ether oxygens (including phenoxy) is 1. The fourth-order valence-corrected chi connectivity index (χ4v) is 3.31. The quantitative estimate of drug-likeness (QED) is 0.744. The van der Waals surface area contributed by atoms with Crippen LogP contribution in [-0.4, -0.2) is 29.5 Å². The molecule has 1 N–H and O–H groups in total. The lowest BCUT2D eigenvalue weighted by atomic mass is 10.0. The number of carbonyl (C=O) groups excluding carboxylic acids is 1. The van der Waals surface area contributed by atoms with Crippen molar-refractivity contribution in [1.82, 2.24) is 15.3 Å². The number of amides is 1. The molecule has 28 heavy (non-hydrogen) atoms. The molecule has 0 radical (unpaired) electrons. The van der Waals surface area contributed by atoms with Gasteiger partial charge in [0.15, 0.2) is 0 Å². The maximum absolute atomic E-state index is 12.3. The summed E-state index contributed by atoms with van der Waals surface area (Å²) in [6.45, 7) is 2.14. The Kier molecular flexibility index (Phi) is 5.19. The van der Waals surface area contributed by atoms with Gasteiger partial charge in [-0.1, -0.05) is 36.4 Å². The molecular weight excluding hydrogens is 352 g/mol. The van der Waals surface area contributed by atoms with Crippen molar-refractivity contribution in [3.05, 3.63) is 83.3 Å². The monoisotopic (exact) mass is 374 g/mol. The van der Waals surface area contributed by atoms with E-state index in [1.165, 1.54) is 11.1 Å². The molecule has 2 aromatic carbocycles. The van der Waals surface area contributed by atoms with Crippen LogP contribution < -0.4 is 15.0 Å². The van der Waals surface area contributed by atoms with Crippen LogP contribution in [0.1, 0.15) is 27.2 Å². The molecule has 142 valence electrons. The lowest BCUT2D eigenvalue weighted by molar-refractivity contribution is 0.0945. The maximum atomic E-state index is 12.3. The minimum absolute atomic E-state index is 0.237. The van der Waals surface area contributed by atoms with E-state index in [0.717, 1.165) is 36.6 Å².